The van der Waals surface area contributed by atoms with Crippen molar-refractivity contribution in [1.29, 1.82) is 0 Å². The Morgan fingerprint density at radius 1 is 1.05 bits per heavy atom. The number of hydrogen-bond donors (Lipinski definition) is 0. The number of methoxy groups -OCH3 is 1. The average molecular weight is 269 g/mol. The highest BCUT2D eigenvalue weighted by atomic mass is 16.5. The summed E-state index contributed by atoms with van der Waals surface area (Å²) >= 11 is 0. The van der Waals surface area contributed by atoms with Gasteiger partial charge in [0.1, 0.15) is 5.75 Å². The number of Topliss-reactive ketones (excluding diaryl/α,β-unsaturated/α-hetero) is 1. The van der Waals surface area contributed by atoms with Gasteiger partial charge in [0.25, 0.3) is 0 Å². The fourth-order valence-electron chi connectivity index (χ4n) is 2.14. The third-order valence-electron chi connectivity index (χ3n) is 3.14. The Morgan fingerprint density at radius 2 is 1.70 bits per heavy atom. The van der Waals surface area contributed by atoms with E-state index in [2.05, 4.69) is 0 Å². The summed E-state index contributed by atoms with van der Waals surface area (Å²) in [5.74, 6) is 0.981. The Bertz CT molecular complexity index is 566. The first-order valence-corrected chi connectivity index (χ1v) is 6.59. The highest BCUT2D eigenvalue weighted by molar-refractivity contribution is 5.97. The molecule has 20 heavy (non-hydrogen) atoms. The second kappa shape index (κ2) is 6.87. The standard InChI is InChI=1S/C17H19NO2/c1-18(12-15-10-6-7-11-17(15)20-2)13-16(19)14-8-4-3-5-9-14/h3-11H,12-13H2,1-2H3. The number of para-hydroxylation sites is 1. The summed E-state index contributed by atoms with van der Waals surface area (Å²) in [5.41, 5.74) is 1.83. The van der Waals surface area contributed by atoms with Crippen LogP contribution >= 0.6 is 0 Å². The molecule has 0 aromatic heterocycles. The SMILES string of the molecule is COc1ccccc1CN(C)CC(=O)c1ccccc1. The zero-order chi connectivity index (χ0) is 14.4. The first kappa shape index (κ1) is 14.3. The molecule has 0 amide bonds. The van der Waals surface area contributed by atoms with E-state index in [4.69, 9.17) is 4.74 Å². The normalized spacial score (nSPS) is 10.6. The van der Waals surface area contributed by atoms with Crippen molar-refractivity contribution in [1.82, 2.24) is 4.90 Å². The van der Waals surface area contributed by atoms with E-state index in [1.807, 2.05) is 66.5 Å². The maximum absolute atomic E-state index is 12.1. The number of likely N-dealkylation sites (N-methyl/N-ethyl adjacent to an activating group) is 1. The van der Waals surface area contributed by atoms with Gasteiger partial charge in [0, 0.05) is 17.7 Å². The van der Waals surface area contributed by atoms with Gasteiger partial charge >= 0.3 is 0 Å². The predicted octanol–water partition coefficient (Wildman–Crippen LogP) is 3.01. The van der Waals surface area contributed by atoms with E-state index in [1.165, 1.54) is 0 Å². The van der Waals surface area contributed by atoms with Crippen LogP contribution in [0, 0.1) is 0 Å². The summed E-state index contributed by atoms with van der Waals surface area (Å²) in [6.07, 6.45) is 0. The van der Waals surface area contributed by atoms with E-state index in [1.54, 1.807) is 7.11 Å². The molecule has 0 heterocycles. The summed E-state index contributed by atoms with van der Waals surface area (Å²) < 4.78 is 5.32. The van der Waals surface area contributed by atoms with Gasteiger partial charge in [-0.05, 0) is 13.1 Å². The van der Waals surface area contributed by atoms with Crippen LogP contribution in [-0.4, -0.2) is 31.4 Å². The summed E-state index contributed by atoms with van der Waals surface area (Å²) in [4.78, 5) is 14.1. The molecule has 3 heteroatoms. The van der Waals surface area contributed by atoms with Gasteiger partial charge in [-0.1, -0.05) is 48.5 Å². The zero-order valence-electron chi connectivity index (χ0n) is 11.9. The highest BCUT2D eigenvalue weighted by Crippen LogP contribution is 2.18. The van der Waals surface area contributed by atoms with Crippen LogP contribution in [0.1, 0.15) is 15.9 Å². The van der Waals surface area contributed by atoms with Crippen molar-refractivity contribution in [3.8, 4) is 5.75 Å². The van der Waals surface area contributed by atoms with E-state index in [0.29, 0.717) is 13.1 Å². The van der Waals surface area contributed by atoms with Gasteiger partial charge in [-0.15, -0.1) is 0 Å². The molecule has 0 spiro atoms. The first-order valence-electron chi connectivity index (χ1n) is 6.59. The van der Waals surface area contributed by atoms with Gasteiger partial charge in [-0.3, -0.25) is 9.69 Å². The summed E-state index contributed by atoms with van der Waals surface area (Å²) in [6.45, 7) is 1.07. The number of hydrogen-bond acceptors (Lipinski definition) is 3. The molecule has 0 saturated heterocycles. The molecule has 0 fully saturated rings. The van der Waals surface area contributed by atoms with Crippen LogP contribution in [0.3, 0.4) is 0 Å². The van der Waals surface area contributed by atoms with E-state index in [9.17, 15) is 4.79 Å². The predicted molar refractivity (Wildman–Crippen MR) is 80.1 cm³/mol. The van der Waals surface area contributed by atoms with Crippen molar-refractivity contribution in [3.63, 3.8) is 0 Å². The van der Waals surface area contributed by atoms with Crippen LogP contribution in [0.15, 0.2) is 54.6 Å². The quantitative estimate of drug-likeness (QED) is 0.755. The molecule has 3 nitrogen and oxygen atoms in total. The van der Waals surface area contributed by atoms with E-state index in [-0.39, 0.29) is 5.78 Å². The minimum absolute atomic E-state index is 0.128. The number of ether oxygens (including phenoxy) is 1. The molecule has 0 bridgehead atoms. The van der Waals surface area contributed by atoms with Gasteiger partial charge in [-0.2, -0.15) is 0 Å². The molecule has 0 N–H and O–H groups in total. The Hall–Kier alpha value is -2.13. The molecule has 0 aliphatic carbocycles. The first-order chi connectivity index (χ1) is 9.70. The molecule has 0 saturated carbocycles. The van der Waals surface area contributed by atoms with Crippen molar-refractivity contribution in [2.24, 2.45) is 0 Å². The molecule has 0 atom stereocenters. The molecule has 0 aliphatic rings. The average Bonchev–Trinajstić information content (AvgIpc) is 2.48. The smallest absolute Gasteiger partial charge is 0.176 e. The zero-order valence-corrected chi connectivity index (χ0v) is 11.9. The molecule has 2 aromatic rings. The molecule has 0 radical (unpaired) electrons. The van der Waals surface area contributed by atoms with Crippen LogP contribution in [0.25, 0.3) is 0 Å². The lowest BCUT2D eigenvalue weighted by Crippen LogP contribution is -2.25. The van der Waals surface area contributed by atoms with Crippen LogP contribution in [0.4, 0.5) is 0 Å². The van der Waals surface area contributed by atoms with E-state index < -0.39 is 0 Å². The van der Waals surface area contributed by atoms with Gasteiger partial charge < -0.3 is 4.74 Å². The fourth-order valence-corrected chi connectivity index (χ4v) is 2.14. The Morgan fingerprint density at radius 3 is 2.40 bits per heavy atom. The lowest BCUT2D eigenvalue weighted by molar-refractivity contribution is 0.0942. The monoisotopic (exact) mass is 269 g/mol. The molecular formula is C17H19NO2. The minimum Gasteiger partial charge on any atom is -0.496 e. The summed E-state index contributed by atoms with van der Waals surface area (Å²) in [6, 6.07) is 17.2. The highest BCUT2D eigenvalue weighted by Gasteiger charge is 2.11. The van der Waals surface area contributed by atoms with E-state index >= 15 is 0 Å². The lowest BCUT2D eigenvalue weighted by Gasteiger charge is -2.17. The Balaban J connectivity index is 1.99. The summed E-state index contributed by atoms with van der Waals surface area (Å²) in [7, 11) is 3.60. The number of nitrogens with zero attached hydrogens (tertiary/aromatic N) is 1. The molecular weight excluding hydrogens is 250 g/mol. The summed E-state index contributed by atoms with van der Waals surface area (Å²) in [5, 5.41) is 0. The van der Waals surface area contributed by atoms with Crippen LogP contribution in [-0.2, 0) is 6.54 Å². The second-order valence-corrected chi connectivity index (χ2v) is 4.77. The minimum atomic E-state index is 0.128. The number of rotatable bonds is 6. The molecule has 2 aromatic carbocycles. The van der Waals surface area contributed by atoms with Crippen LogP contribution in [0.5, 0.6) is 5.75 Å². The number of benzene rings is 2. The maximum atomic E-state index is 12.1. The van der Waals surface area contributed by atoms with E-state index in [0.717, 1.165) is 16.9 Å². The van der Waals surface area contributed by atoms with Crippen molar-refractivity contribution >= 4 is 5.78 Å². The van der Waals surface area contributed by atoms with Crippen molar-refractivity contribution < 1.29 is 9.53 Å². The molecule has 0 aliphatic heterocycles. The third-order valence-corrected chi connectivity index (χ3v) is 3.14. The number of ketones is 1. The molecule has 104 valence electrons. The molecule has 0 unspecified atom stereocenters. The topological polar surface area (TPSA) is 29.5 Å². The van der Waals surface area contributed by atoms with Gasteiger partial charge in [0.05, 0.1) is 13.7 Å². The second-order valence-electron chi connectivity index (χ2n) is 4.77. The van der Waals surface area contributed by atoms with Gasteiger partial charge in [-0.25, -0.2) is 0 Å². The Kier molecular flexibility index (Phi) is 4.91. The third kappa shape index (κ3) is 3.68. The van der Waals surface area contributed by atoms with Crippen molar-refractivity contribution in [2.45, 2.75) is 6.54 Å². The number of carbonyl (C=O) groups excluding carboxylic acids is 1. The fraction of sp³-hybridized carbons (Fsp3) is 0.235. The largest absolute Gasteiger partial charge is 0.496 e. The molecule has 2 rings (SSSR count). The van der Waals surface area contributed by atoms with Crippen molar-refractivity contribution in [2.75, 3.05) is 20.7 Å². The van der Waals surface area contributed by atoms with Crippen LogP contribution < -0.4 is 4.74 Å². The van der Waals surface area contributed by atoms with Gasteiger partial charge in [0.15, 0.2) is 5.78 Å². The van der Waals surface area contributed by atoms with Gasteiger partial charge in [0.2, 0.25) is 0 Å². The lowest BCUT2D eigenvalue weighted by atomic mass is 10.1. The van der Waals surface area contributed by atoms with Crippen molar-refractivity contribution in [3.05, 3.63) is 65.7 Å². The maximum Gasteiger partial charge on any atom is 0.176 e. The van der Waals surface area contributed by atoms with Crippen LogP contribution in [0.2, 0.25) is 0 Å². The number of carbonyl (C=O) groups is 1. The Labute approximate surface area is 119 Å².